The van der Waals surface area contributed by atoms with Gasteiger partial charge in [-0.2, -0.15) is 5.10 Å². The topological polar surface area (TPSA) is 38.1 Å². The second kappa shape index (κ2) is 8.03. The molecule has 0 saturated heterocycles. The van der Waals surface area contributed by atoms with Gasteiger partial charge < -0.3 is 4.90 Å². The van der Waals surface area contributed by atoms with Crippen LogP contribution < -0.4 is 0 Å². The van der Waals surface area contributed by atoms with E-state index in [1.807, 2.05) is 43.6 Å². The summed E-state index contributed by atoms with van der Waals surface area (Å²) in [4.78, 5) is 15.5. The van der Waals surface area contributed by atoms with Crippen molar-refractivity contribution in [3.8, 4) is 5.69 Å². The van der Waals surface area contributed by atoms with Crippen molar-refractivity contribution >= 4 is 17.7 Å². The molecule has 0 N–H and O–H groups in total. The molecule has 1 amide bonds. The third kappa shape index (κ3) is 4.51. The first kappa shape index (κ1) is 17.3. The van der Waals surface area contributed by atoms with Gasteiger partial charge in [-0.3, -0.25) is 4.79 Å². The van der Waals surface area contributed by atoms with Gasteiger partial charge in [-0.15, -0.1) is 11.8 Å². The lowest BCUT2D eigenvalue weighted by Crippen LogP contribution is -2.27. The quantitative estimate of drug-likeness (QED) is 0.634. The van der Waals surface area contributed by atoms with E-state index in [-0.39, 0.29) is 5.91 Å². The van der Waals surface area contributed by atoms with E-state index in [2.05, 4.69) is 35.6 Å². The molecule has 0 bridgehead atoms. The Morgan fingerprint density at radius 3 is 2.48 bits per heavy atom. The number of benzene rings is 2. The smallest absolute Gasteiger partial charge is 0.227 e. The molecule has 3 rings (SSSR count). The number of para-hydroxylation sites is 1. The molecule has 5 heteroatoms. The highest BCUT2D eigenvalue weighted by Crippen LogP contribution is 2.16. The first-order valence-electron chi connectivity index (χ1n) is 8.11. The number of amides is 1. The summed E-state index contributed by atoms with van der Waals surface area (Å²) < 4.78 is 1.80. The largest absolute Gasteiger partial charge is 0.341 e. The lowest BCUT2D eigenvalue weighted by atomic mass is 10.2. The summed E-state index contributed by atoms with van der Waals surface area (Å²) in [5, 5.41) is 4.35. The molecule has 3 aromatic rings. The molecule has 128 valence electrons. The summed E-state index contributed by atoms with van der Waals surface area (Å²) >= 11 is 1.72. The van der Waals surface area contributed by atoms with E-state index < -0.39 is 0 Å². The maximum Gasteiger partial charge on any atom is 0.227 e. The highest BCUT2D eigenvalue weighted by atomic mass is 32.2. The van der Waals surface area contributed by atoms with Gasteiger partial charge in [0.15, 0.2) is 0 Å². The van der Waals surface area contributed by atoms with Gasteiger partial charge in [0.2, 0.25) is 5.91 Å². The Labute approximate surface area is 152 Å². The van der Waals surface area contributed by atoms with Crippen LogP contribution in [0.4, 0.5) is 0 Å². The van der Waals surface area contributed by atoms with Gasteiger partial charge in [0.25, 0.3) is 0 Å². The zero-order valence-corrected chi connectivity index (χ0v) is 15.2. The van der Waals surface area contributed by atoms with Crippen LogP contribution in [0.25, 0.3) is 5.69 Å². The summed E-state index contributed by atoms with van der Waals surface area (Å²) in [7, 11) is 1.84. The third-order valence-corrected chi connectivity index (χ3v) is 4.76. The molecule has 0 aliphatic heterocycles. The van der Waals surface area contributed by atoms with Crippen molar-refractivity contribution in [2.24, 2.45) is 0 Å². The van der Waals surface area contributed by atoms with Gasteiger partial charge in [0.1, 0.15) is 0 Å². The Balaban J connectivity index is 1.60. The number of rotatable bonds is 6. The minimum atomic E-state index is 0.0848. The number of likely N-dealkylation sites (N-methyl/N-ethyl adjacent to an activating group) is 1. The summed E-state index contributed by atoms with van der Waals surface area (Å²) in [5.74, 6) is 0.0848. The lowest BCUT2D eigenvalue weighted by Gasteiger charge is -2.17. The Hall–Kier alpha value is -2.53. The van der Waals surface area contributed by atoms with Crippen LogP contribution in [-0.2, 0) is 17.8 Å². The zero-order valence-electron chi connectivity index (χ0n) is 14.4. The van der Waals surface area contributed by atoms with E-state index in [9.17, 15) is 4.79 Å². The Kier molecular flexibility index (Phi) is 5.56. The predicted molar refractivity (Wildman–Crippen MR) is 102 cm³/mol. The SMILES string of the molecule is CSc1ccc(CN(C)C(=O)Cc2cnn(-c3ccccc3)c2)cc1. The third-order valence-electron chi connectivity index (χ3n) is 4.02. The standard InChI is InChI=1S/C20H21N3OS/c1-22(14-16-8-10-19(25-2)11-9-16)20(24)12-17-13-21-23(15-17)18-6-4-3-5-7-18/h3-11,13,15H,12,14H2,1-2H3. The predicted octanol–water partition coefficient (Wildman–Crippen LogP) is 3.80. The van der Waals surface area contributed by atoms with Crippen LogP contribution in [0.5, 0.6) is 0 Å². The number of thioether (sulfide) groups is 1. The molecule has 0 unspecified atom stereocenters. The molecule has 0 atom stereocenters. The second-order valence-electron chi connectivity index (χ2n) is 5.90. The fourth-order valence-electron chi connectivity index (χ4n) is 2.58. The van der Waals surface area contributed by atoms with Crippen molar-refractivity contribution < 1.29 is 4.79 Å². The summed E-state index contributed by atoms with van der Waals surface area (Å²) in [6.07, 6.45) is 6.08. The van der Waals surface area contributed by atoms with Crippen LogP contribution in [0.2, 0.25) is 0 Å². The normalized spacial score (nSPS) is 10.6. The molecule has 0 aliphatic carbocycles. The molecular formula is C20H21N3OS. The van der Waals surface area contributed by atoms with Gasteiger partial charge >= 0.3 is 0 Å². The first-order valence-corrected chi connectivity index (χ1v) is 9.34. The molecule has 1 heterocycles. The maximum atomic E-state index is 12.5. The first-order chi connectivity index (χ1) is 12.2. The van der Waals surface area contributed by atoms with Gasteiger partial charge in [-0.25, -0.2) is 4.68 Å². The molecule has 0 fully saturated rings. The van der Waals surface area contributed by atoms with Crippen molar-refractivity contribution in [2.75, 3.05) is 13.3 Å². The van der Waals surface area contributed by atoms with Crippen LogP contribution >= 0.6 is 11.8 Å². The average molecular weight is 351 g/mol. The van der Waals surface area contributed by atoms with E-state index in [0.29, 0.717) is 13.0 Å². The van der Waals surface area contributed by atoms with Crippen molar-refractivity contribution in [2.45, 2.75) is 17.9 Å². The van der Waals surface area contributed by atoms with Crippen molar-refractivity contribution in [3.05, 3.63) is 78.1 Å². The minimum absolute atomic E-state index is 0.0848. The number of aromatic nitrogens is 2. The summed E-state index contributed by atoms with van der Waals surface area (Å²) in [6, 6.07) is 18.2. The van der Waals surface area contributed by atoms with Gasteiger partial charge in [-0.05, 0) is 41.6 Å². The zero-order chi connectivity index (χ0) is 17.6. The number of nitrogens with zero attached hydrogens (tertiary/aromatic N) is 3. The molecule has 4 nitrogen and oxygen atoms in total. The van der Waals surface area contributed by atoms with E-state index in [1.165, 1.54) is 4.90 Å². The van der Waals surface area contributed by atoms with Crippen molar-refractivity contribution in [1.29, 1.82) is 0 Å². The highest BCUT2D eigenvalue weighted by molar-refractivity contribution is 7.98. The monoisotopic (exact) mass is 351 g/mol. The Bertz CT molecular complexity index is 828. The number of hydrogen-bond donors (Lipinski definition) is 0. The van der Waals surface area contributed by atoms with E-state index in [1.54, 1.807) is 27.5 Å². The van der Waals surface area contributed by atoms with Gasteiger partial charge in [0.05, 0.1) is 18.3 Å². The minimum Gasteiger partial charge on any atom is -0.341 e. The Morgan fingerprint density at radius 2 is 1.80 bits per heavy atom. The highest BCUT2D eigenvalue weighted by Gasteiger charge is 2.12. The van der Waals surface area contributed by atoms with Crippen LogP contribution in [0.3, 0.4) is 0 Å². The van der Waals surface area contributed by atoms with Gasteiger partial charge in [0, 0.05) is 24.7 Å². The number of carbonyl (C=O) groups excluding carboxylic acids is 1. The average Bonchev–Trinajstić information content (AvgIpc) is 3.11. The van der Waals surface area contributed by atoms with Crippen LogP contribution in [0.1, 0.15) is 11.1 Å². The van der Waals surface area contributed by atoms with Crippen molar-refractivity contribution in [1.82, 2.24) is 14.7 Å². The van der Waals surface area contributed by atoms with E-state index in [0.717, 1.165) is 16.8 Å². The molecule has 1 aromatic heterocycles. The summed E-state index contributed by atoms with van der Waals surface area (Å²) in [5.41, 5.74) is 3.04. The van der Waals surface area contributed by atoms with Crippen LogP contribution in [-0.4, -0.2) is 33.9 Å². The van der Waals surface area contributed by atoms with Gasteiger partial charge in [-0.1, -0.05) is 30.3 Å². The number of hydrogen-bond acceptors (Lipinski definition) is 3. The fourth-order valence-corrected chi connectivity index (χ4v) is 2.98. The maximum absolute atomic E-state index is 12.5. The summed E-state index contributed by atoms with van der Waals surface area (Å²) in [6.45, 7) is 0.611. The fraction of sp³-hybridized carbons (Fsp3) is 0.200. The second-order valence-corrected chi connectivity index (χ2v) is 6.78. The van der Waals surface area contributed by atoms with E-state index in [4.69, 9.17) is 0 Å². The Morgan fingerprint density at radius 1 is 1.08 bits per heavy atom. The molecule has 0 radical (unpaired) electrons. The molecule has 0 saturated carbocycles. The lowest BCUT2D eigenvalue weighted by molar-refractivity contribution is -0.129. The van der Waals surface area contributed by atoms with Crippen molar-refractivity contribution in [3.63, 3.8) is 0 Å². The molecule has 0 spiro atoms. The van der Waals surface area contributed by atoms with Crippen LogP contribution in [0, 0.1) is 0 Å². The number of carbonyl (C=O) groups is 1. The molecule has 0 aliphatic rings. The molecular weight excluding hydrogens is 330 g/mol. The van der Waals surface area contributed by atoms with E-state index >= 15 is 0 Å². The van der Waals surface area contributed by atoms with Crippen LogP contribution in [0.15, 0.2) is 71.9 Å². The molecule has 25 heavy (non-hydrogen) atoms. The molecule has 2 aromatic carbocycles.